The molecule has 17 heavy (non-hydrogen) atoms. The number of hydrogen-bond donors (Lipinski definition) is 1. The zero-order valence-corrected chi connectivity index (χ0v) is 10.2. The van der Waals surface area contributed by atoms with Gasteiger partial charge in [0.2, 0.25) is 5.91 Å². The first kappa shape index (κ1) is 11.5. The summed E-state index contributed by atoms with van der Waals surface area (Å²) in [5.41, 5.74) is 1.19. The van der Waals surface area contributed by atoms with Gasteiger partial charge in [-0.05, 0) is 13.3 Å². The van der Waals surface area contributed by atoms with Crippen LogP contribution < -0.4 is 5.32 Å². The van der Waals surface area contributed by atoms with Gasteiger partial charge in [-0.3, -0.25) is 9.48 Å². The minimum absolute atomic E-state index is 0.0627. The smallest absolute Gasteiger partial charge is 0.244 e. The number of carbonyl (C=O) groups is 1. The first-order valence-corrected chi connectivity index (χ1v) is 5.49. The van der Waals surface area contributed by atoms with Gasteiger partial charge in [-0.25, -0.2) is 0 Å². The van der Waals surface area contributed by atoms with Crippen molar-refractivity contribution in [3.05, 3.63) is 11.3 Å². The maximum absolute atomic E-state index is 11.8. The molecule has 6 heteroatoms. The highest BCUT2D eigenvalue weighted by Crippen LogP contribution is 2.21. The average molecular weight is 233 g/mol. The van der Waals surface area contributed by atoms with Crippen LogP contribution in [-0.2, 0) is 11.8 Å². The maximum atomic E-state index is 11.8. The highest BCUT2D eigenvalue weighted by atomic mass is 16.2. The SMILES string of the molecule is Cc1nn(C)c(NC2CCN(C)C2=O)c1C#N. The Morgan fingerprint density at radius 2 is 2.24 bits per heavy atom. The minimum atomic E-state index is -0.248. The predicted octanol–water partition coefficient (Wildman–Crippen LogP) is 0.243. The molecule has 1 atom stereocenters. The number of amides is 1. The summed E-state index contributed by atoms with van der Waals surface area (Å²) in [6.45, 7) is 2.53. The number of carbonyl (C=O) groups excluding carboxylic acids is 1. The van der Waals surface area contributed by atoms with Crippen LogP contribution in [0, 0.1) is 18.3 Å². The van der Waals surface area contributed by atoms with Gasteiger partial charge in [0.15, 0.2) is 0 Å². The van der Waals surface area contributed by atoms with Crippen molar-refractivity contribution < 1.29 is 4.79 Å². The van der Waals surface area contributed by atoms with Crippen molar-refractivity contribution in [2.45, 2.75) is 19.4 Å². The van der Waals surface area contributed by atoms with Crippen LogP contribution >= 0.6 is 0 Å². The standard InChI is InChI=1S/C11H15N5O/c1-7-8(6-12)10(16(3)14-7)13-9-4-5-15(2)11(9)17/h9,13H,4-5H2,1-3H3. The van der Waals surface area contributed by atoms with Gasteiger partial charge in [-0.2, -0.15) is 10.4 Å². The van der Waals surface area contributed by atoms with Gasteiger partial charge < -0.3 is 10.2 Å². The van der Waals surface area contributed by atoms with Gasteiger partial charge in [0.05, 0.1) is 5.69 Å². The first-order chi connectivity index (χ1) is 8.04. The van der Waals surface area contributed by atoms with Crippen LogP contribution in [0.4, 0.5) is 5.82 Å². The van der Waals surface area contributed by atoms with Crippen LogP contribution in [0.1, 0.15) is 17.7 Å². The highest BCUT2D eigenvalue weighted by molar-refractivity contribution is 5.86. The van der Waals surface area contributed by atoms with E-state index in [1.807, 2.05) is 0 Å². The van der Waals surface area contributed by atoms with E-state index in [0.717, 1.165) is 13.0 Å². The molecule has 1 N–H and O–H groups in total. The zero-order valence-electron chi connectivity index (χ0n) is 10.2. The lowest BCUT2D eigenvalue weighted by atomic mass is 10.2. The molecule has 0 aromatic carbocycles. The quantitative estimate of drug-likeness (QED) is 0.794. The average Bonchev–Trinajstić information content (AvgIpc) is 2.73. The molecule has 0 saturated carbocycles. The fraction of sp³-hybridized carbons (Fsp3) is 0.545. The number of nitrogens with one attached hydrogen (secondary N) is 1. The third kappa shape index (κ3) is 1.84. The van der Waals surface area contributed by atoms with E-state index >= 15 is 0 Å². The zero-order chi connectivity index (χ0) is 12.6. The van der Waals surface area contributed by atoms with E-state index in [1.165, 1.54) is 0 Å². The number of nitrogens with zero attached hydrogens (tertiary/aromatic N) is 4. The Balaban J connectivity index is 2.25. The number of anilines is 1. The highest BCUT2D eigenvalue weighted by Gasteiger charge is 2.30. The lowest BCUT2D eigenvalue weighted by molar-refractivity contribution is -0.127. The molecule has 1 aliphatic heterocycles. The molecule has 1 aromatic rings. The molecular weight excluding hydrogens is 218 g/mol. The van der Waals surface area contributed by atoms with Crippen LogP contribution in [0.25, 0.3) is 0 Å². The van der Waals surface area contributed by atoms with Gasteiger partial charge in [0.1, 0.15) is 23.5 Å². The Kier molecular flexibility index (Phi) is 2.76. The fourth-order valence-electron chi connectivity index (χ4n) is 2.08. The second-order valence-corrected chi connectivity index (χ2v) is 4.29. The number of nitriles is 1. The summed E-state index contributed by atoms with van der Waals surface area (Å²) in [4.78, 5) is 13.5. The summed E-state index contributed by atoms with van der Waals surface area (Å²) in [6.07, 6.45) is 0.754. The molecule has 1 fully saturated rings. The van der Waals surface area contributed by atoms with Crippen molar-refractivity contribution in [1.82, 2.24) is 14.7 Å². The molecule has 90 valence electrons. The normalized spacial score (nSPS) is 19.5. The summed E-state index contributed by atoms with van der Waals surface area (Å²) in [5.74, 6) is 0.686. The largest absolute Gasteiger partial charge is 0.357 e. The maximum Gasteiger partial charge on any atom is 0.244 e. The van der Waals surface area contributed by atoms with E-state index < -0.39 is 0 Å². The molecule has 0 radical (unpaired) electrons. The molecule has 0 aliphatic carbocycles. The molecule has 1 saturated heterocycles. The number of rotatable bonds is 2. The Labute approximate surface area is 99.8 Å². The molecule has 1 amide bonds. The molecule has 0 spiro atoms. The number of aromatic nitrogens is 2. The fourth-order valence-corrected chi connectivity index (χ4v) is 2.08. The lowest BCUT2D eigenvalue weighted by Gasteiger charge is -2.13. The van der Waals surface area contributed by atoms with Crippen LogP contribution in [0.15, 0.2) is 0 Å². The minimum Gasteiger partial charge on any atom is -0.357 e. The Bertz CT molecular complexity index is 499. The Hall–Kier alpha value is -2.03. The summed E-state index contributed by atoms with van der Waals surface area (Å²) < 4.78 is 1.61. The van der Waals surface area contributed by atoms with Crippen molar-refractivity contribution in [3.8, 4) is 6.07 Å². The van der Waals surface area contributed by atoms with Crippen LogP contribution in [-0.4, -0.2) is 40.2 Å². The molecule has 6 nitrogen and oxygen atoms in total. The lowest BCUT2D eigenvalue weighted by Crippen LogP contribution is -2.31. The van der Waals surface area contributed by atoms with Crippen LogP contribution in [0.2, 0.25) is 0 Å². The topological polar surface area (TPSA) is 74.0 Å². The van der Waals surface area contributed by atoms with Gasteiger partial charge >= 0.3 is 0 Å². The molecule has 2 rings (SSSR count). The summed E-state index contributed by atoms with van der Waals surface area (Å²) in [5, 5.41) is 16.4. The molecule has 0 bridgehead atoms. The van der Waals surface area contributed by atoms with Crippen molar-refractivity contribution >= 4 is 11.7 Å². The van der Waals surface area contributed by atoms with Crippen LogP contribution in [0.5, 0.6) is 0 Å². The molecule has 1 aromatic heterocycles. The molecule has 2 heterocycles. The van der Waals surface area contributed by atoms with Crippen molar-refractivity contribution in [1.29, 1.82) is 5.26 Å². The number of likely N-dealkylation sites (N-methyl/N-ethyl adjacent to an activating group) is 1. The van der Waals surface area contributed by atoms with E-state index in [0.29, 0.717) is 17.1 Å². The third-order valence-electron chi connectivity index (χ3n) is 3.07. The second-order valence-electron chi connectivity index (χ2n) is 4.29. The number of likely N-dealkylation sites (tertiary alicyclic amines) is 1. The van der Waals surface area contributed by atoms with Crippen molar-refractivity contribution in [2.24, 2.45) is 7.05 Å². The van der Waals surface area contributed by atoms with E-state index in [1.54, 1.807) is 30.6 Å². The van der Waals surface area contributed by atoms with Crippen molar-refractivity contribution in [3.63, 3.8) is 0 Å². The summed E-state index contributed by atoms with van der Waals surface area (Å²) >= 11 is 0. The second kappa shape index (κ2) is 4.09. The van der Waals surface area contributed by atoms with Gasteiger partial charge in [0, 0.05) is 20.6 Å². The Morgan fingerprint density at radius 1 is 1.53 bits per heavy atom. The molecule has 1 unspecified atom stereocenters. The molecule has 1 aliphatic rings. The van der Waals surface area contributed by atoms with E-state index in [9.17, 15) is 4.79 Å². The van der Waals surface area contributed by atoms with Crippen LogP contribution in [0.3, 0.4) is 0 Å². The summed E-state index contributed by atoms with van der Waals surface area (Å²) in [7, 11) is 3.54. The molecular formula is C11H15N5O. The number of aryl methyl sites for hydroxylation is 2. The van der Waals surface area contributed by atoms with E-state index in [-0.39, 0.29) is 11.9 Å². The van der Waals surface area contributed by atoms with Gasteiger partial charge in [0.25, 0.3) is 0 Å². The third-order valence-corrected chi connectivity index (χ3v) is 3.07. The first-order valence-electron chi connectivity index (χ1n) is 5.49. The monoisotopic (exact) mass is 233 g/mol. The number of hydrogen-bond acceptors (Lipinski definition) is 4. The van der Waals surface area contributed by atoms with Gasteiger partial charge in [-0.15, -0.1) is 0 Å². The van der Waals surface area contributed by atoms with E-state index in [4.69, 9.17) is 5.26 Å². The predicted molar refractivity (Wildman–Crippen MR) is 62.3 cm³/mol. The van der Waals surface area contributed by atoms with E-state index in [2.05, 4.69) is 16.5 Å². The Morgan fingerprint density at radius 3 is 2.76 bits per heavy atom. The summed E-state index contributed by atoms with van der Waals surface area (Å²) in [6, 6.07) is 1.87. The van der Waals surface area contributed by atoms with Crippen molar-refractivity contribution in [2.75, 3.05) is 18.9 Å². The van der Waals surface area contributed by atoms with Gasteiger partial charge in [-0.1, -0.05) is 0 Å².